The van der Waals surface area contributed by atoms with E-state index in [1.54, 1.807) is 7.05 Å². The van der Waals surface area contributed by atoms with Crippen LogP contribution in [0.1, 0.15) is 18.4 Å². The molecule has 1 unspecified atom stereocenters. The maximum Gasteiger partial charge on any atom is 0.253 e. The van der Waals surface area contributed by atoms with Gasteiger partial charge < -0.3 is 25.2 Å². The Bertz CT molecular complexity index is 936. The van der Waals surface area contributed by atoms with Gasteiger partial charge in [0.05, 0.1) is 0 Å². The highest BCUT2D eigenvalue weighted by molar-refractivity contribution is 5.94. The van der Waals surface area contributed by atoms with Crippen molar-refractivity contribution in [2.75, 3.05) is 50.1 Å². The number of nitrogens with one attached hydrogen (secondary N) is 2. The average Bonchev–Trinajstić information content (AvgIpc) is 3.36. The topological polar surface area (TPSA) is 69.2 Å². The third-order valence-corrected chi connectivity index (χ3v) is 5.85. The summed E-state index contributed by atoms with van der Waals surface area (Å²) in [5.74, 6) is 0.549. The first kappa shape index (κ1) is 22.1. The van der Waals surface area contributed by atoms with Crippen molar-refractivity contribution in [1.82, 2.24) is 10.2 Å². The van der Waals surface area contributed by atoms with Gasteiger partial charge in [-0.1, -0.05) is 12.1 Å². The molecule has 1 amide bonds. The molecule has 0 aromatic heterocycles. The molecule has 170 valence electrons. The summed E-state index contributed by atoms with van der Waals surface area (Å²) in [7, 11) is 1.78. The van der Waals surface area contributed by atoms with Crippen LogP contribution in [-0.4, -0.2) is 62.7 Å². The van der Waals surface area contributed by atoms with Gasteiger partial charge in [-0.05, 0) is 54.8 Å². The van der Waals surface area contributed by atoms with Gasteiger partial charge in [-0.2, -0.15) is 0 Å². The monoisotopic (exact) mass is 439 g/mol. The van der Waals surface area contributed by atoms with Crippen LogP contribution in [0.25, 0.3) is 0 Å². The van der Waals surface area contributed by atoms with Crippen molar-refractivity contribution in [3.8, 4) is 0 Å². The smallest absolute Gasteiger partial charge is 0.253 e. The number of piperazine rings is 1. The Morgan fingerprint density at radius 1 is 1.16 bits per heavy atom. The molecule has 4 rings (SSSR count). The number of anilines is 2. The molecule has 2 fully saturated rings. The van der Waals surface area contributed by atoms with Crippen molar-refractivity contribution < 1.29 is 13.9 Å². The minimum atomic E-state index is -0.343. The van der Waals surface area contributed by atoms with Gasteiger partial charge in [-0.25, -0.2) is 4.39 Å². The van der Waals surface area contributed by atoms with Crippen LogP contribution in [0.2, 0.25) is 0 Å². The van der Waals surface area contributed by atoms with E-state index in [-0.39, 0.29) is 17.8 Å². The SMILES string of the molecule is CN=C(NCc1cccc(NC(=O)C2CCCO2)c1)N1CCN(c2ccc(F)cc2)CC1. The third-order valence-electron chi connectivity index (χ3n) is 5.85. The van der Waals surface area contributed by atoms with Gasteiger partial charge in [-0.3, -0.25) is 9.79 Å². The van der Waals surface area contributed by atoms with E-state index >= 15 is 0 Å². The van der Waals surface area contributed by atoms with Gasteiger partial charge in [0.2, 0.25) is 0 Å². The van der Waals surface area contributed by atoms with Crippen molar-refractivity contribution in [2.24, 2.45) is 4.99 Å². The fourth-order valence-corrected chi connectivity index (χ4v) is 4.11. The Hall–Kier alpha value is -3.13. The van der Waals surface area contributed by atoms with Crippen molar-refractivity contribution in [1.29, 1.82) is 0 Å². The second-order valence-electron chi connectivity index (χ2n) is 8.04. The summed E-state index contributed by atoms with van der Waals surface area (Å²) in [5, 5.41) is 6.38. The first-order chi connectivity index (χ1) is 15.6. The van der Waals surface area contributed by atoms with Gasteiger partial charge in [0.25, 0.3) is 5.91 Å². The van der Waals surface area contributed by atoms with E-state index in [0.29, 0.717) is 13.2 Å². The van der Waals surface area contributed by atoms with Crippen LogP contribution < -0.4 is 15.5 Å². The molecule has 2 aliphatic heterocycles. The zero-order valence-corrected chi connectivity index (χ0v) is 18.4. The van der Waals surface area contributed by atoms with Crippen molar-refractivity contribution in [3.05, 3.63) is 59.9 Å². The van der Waals surface area contributed by atoms with Crippen molar-refractivity contribution in [2.45, 2.75) is 25.5 Å². The molecule has 0 saturated carbocycles. The number of carbonyl (C=O) groups excluding carboxylic acids is 1. The highest BCUT2D eigenvalue weighted by Crippen LogP contribution is 2.18. The lowest BCUT2D eigenvalue weighted by Gasteiger charge is -2.37. The number of hydrogen-bond donors (Lipinski definition) is 2. The third kappa shape index (κ3) is 5.56. The lowest BCUT2D eigenvalue weighted by atomic mass is 10.2. The van der Waals surface area contributed by atoms with Crippen LogP contribution in [0.5, 0.6) is 0 Å². The molecule has 7 nitrogen and oxygen atoms in total. The Morgan fingerprint density at radius 2 is 1.94 bits per heavy atom. The Labute approximate surface area is 188 Å². The Morgan fingerprint density at radius 3 is 2.62 bits per heavy atom. The molecule has 2 aromatic carbocycles. The molecule has 0 aliphatic carbocycles. The fraction of sp³-hybridized carbons (Fsp3) is 0.417. The minimum absolute atomic E-state index is 0.0811. The zero-order chi connectivity index (χ0) is 22.3. The summed E-state index contributed by atoms with van der Waals surface area (Å²) < 4.78 is 18.6. The summed E-state index contributed by atoms with van der Waals surface area (Å²) in [6, 6.07) is 14.5. The van der Waals surface area contributed by atoms with E-state index in [1.165, 1.54) is 12.1 Å². The van der Waals surface area contributed by atoms with E-state index in [0.717, 1.165) is 61.9 Å². The Balaban J connectivity index is 1.28. The highest BCUT2D eigenvalue weighted by atomic mass is 19.1. The molecule has 8 heteroatoms. The molecule has 0 bridgehead atoms. The van der Waals surface area contributed by atoms with E-state index < -0.39 is 0 Å². The number of ether oxygens (including phenoxy) is 1. The number of hydrogen-bond acceptors (Lipinski definition) is 4. The van der Waals surface area contributed by atoms with Crippen molar-refractivity contribution in [3.63, 3.8) is 0 Å². The summed E-state index contributed by atoms with van der Waals surface area (Å²) in [6.07, 6.45) is 1.36. The summed E-state index contributed by atoms with van der Waals surface area (Å²) >= 11 is 0. The zero-order valence-electron chi connectivity index (χ0n) is 18.4. The lowest BCUT2D eigenvalue weighted by Crippen LogP contribution is -2.52. The summed E-state index contributed by atoms with van der Waals surface area (Å²) in [6.45, 7) is 4.60. The first-order valence-electron chi connectivity index (χ1n) is 11.1. The largest absolute Gasteiger partial charge is 0.368 e. The average molecular weight is 440 g/mol. The van der Waals surface area contributed by atoms with E-state index in [1.807, 2.05) is 36.4 Å². The van der Waals surface area contributed by atoms with Crippen LogP contribution in [-0.2, 0) is 16.1 Å². The molecule has 0 radical (unpaired) electrons. The van der Waals surface area contributed by atoms with E-state index in [9.17, 15) is 9.18 Å². The van der Waals surface area contributed by atoms with E-state index in [4.69, 9.17) is 4.74 Å². The summed E-state index contributed by atoms with van der Waals surface area (Å²) in [4.78, 5) is 21.2. The molecule has 1 atom stereocenters. The molecule has 2 N–H and O–H groups in total. The molecular formula is C24H30FN5O2. The molecule has 2 aromatic rings. The van der Waals surface area contributed by atoms with Crippen LogP contribution in [0, 0.1) is 5.82 Å². The van der Waals surface area contributed by atoms with Crippen LogP contribution in [0.3, 0.4) is 0 Å². The number of halogens is 1. The fourth-order valence-electron chi connectivity index (χ4n) is 4.11. The predicted molar refractivity (Wildman–Crippen MR) is 124 cm³/mol. The van der Waals surface area contributed by atoms with Crippen LogP contribution >= 0.6 is 0 Å². The minimum Gasteiger partial charge on any atom is -0.368 e. The number of rotatable bonds is 5. The quantitative estimate of drug-likeness (QED) is 0.554. The number of amides is 1. The van der Waals surface area contributed by atoms with Crippen LogP contribution in [0.4, 0.5) is 15.8 Å². The molecule has 32 heavy (non-hydrogen) atoms. The molecular weight excluding hydrogens is 409 g/mol. The number of nitrogens with zero attached hydrogens (tertiary/aromatic N) is 3. The second-order valence-corrected chi connectivity index (χ2v) is 8.04. The van der Waals surface area contributed by atoms with Crippen molar-refractivity contribution >= 4 is 23.2 Å². The first-order valence-corrected chi connectivity index (χ1v) is 11.1. The van der Waals surface area contributed by atoms with Gasteiger partial charge in [0, 0.05) is 57.8 Å². The summed E-state index contributed by atoms with van der Waals surface area (Å²) in [5.41, 5.74) is 2.87. The predicted octanol–water partition coefficient (Wildman–Crippen LogP) is 2.84. The number of carbonyl (C=O) groups is 1. The van der Waals surface area contributed by atoms with E-state index in [2.05, 4.69) is 25.4 Å². The second kappa shape index (κ2) is 10.5. The van der Waals surface area contributed by atoms with Gasteiger partial charge in [0.1, 0.15) is 11.9 Å². The molecule has 2 saturated heterocycles. The van der Waals surface area contributed by atoms with Gasteiger partial charge in [0.15, 0.2) is 5.96 Å². The normalized spacial score (nSPS) is 19.2. The maximum atomic E-state index is 13.2. The van der Waals surface area contributed by atoms with Crippen LogP contribution in [0.15, 0.2) is 53.5 Å². The molecule has 2 aliphatic rings. The molecule has 2 heterocycles. The molecule has 0 spiro atoms. The number of aliphatic imine (C=N–C) groups is 1. The number of guanidine groups is 1. The van der Waals surface area contributed by atoms with Gasteiger partial charge in [-0.15, -0.1) is 0 Å². The standard InChI is InChI=1S/C24H30FN5O2/c1-26-24(30-13-11-29(12-14-30)21-9-7-19(25)8-10-21)27-17-18-4-2-5-20(16-18)28-23(31)22-6-3-15-32-22/h2,4-5,7-10,16,22H,3,6,11-15,17H2,1H3,(H,26,27)(H,28,31). The number of benzene rings is 2. The maximum absolute atomic E-state index is 13.2. The van der Waals surface area contributed by atoms with Gasteiger partial charge >= 0.3 is 0 Å². The Kier molecular flexibility index (Phi) is 7.21. The highest BCUT2D eigenvalue weighted by Gasteiger charge is 2.23. The lowest BCUT2D eigenvalue weighted by molar-refractivity contribution is -0.124.